The molecule has 0 bridgehead atoms. The van der Waals surface area contributed by atoms with Gasteiger partial charge in [-0.05, 0) is 12.1 Å². The van der Waals surface area contributed by atoms with Gasteiger partial charge >= 0.3 is 0 Å². The monoisotopic (exact) mass is 230 g/mol. The van der Waals surface area contributed by atoms with Gasteiger partial charge in [0.1, 0.15) is 0 Å². The highest BCUT2D eigenvalue weighted by molar-refractivity contribution is 9.10. The lowest BCUT2D eigenvalue weighted by Gasteiger charge is -2.01. The zero-order valence-electron chi connectivity index (χ0n) is 6.07. The Kier molecular flexibility index (Phi) is 2.97. The van der Waals surface area contributed by atoms with Crippen molar-refractivity contribution in [1.29, 1.82) is 0 Å². The lowest BCUT2D eigenvalue weighted by atomic mass is 10.1. The molecule has 0 amide bonds. The number of benzene rings is 1. The highest BCUT2D eigenvalue weighted by Gasteiger charge is 2.12. The fourth-order valence-electron chi connectivity index (χ4n) is 0.763. The molecule has 0 unspecified atom stereocenters. The van der Waals surface area contributed by atoms with Gasteiger partial charge in [-0.3, -0.25) is 4.79 Å². The van der Waals surface area contributed by atoms with Crippen LogP contribution in [0.1, 0.15) is 10.4 Å². The van der Waals surface area contributed by atoms with Crippen molar-refractivity contribution in [3.8, 4) is 0 Å². The van der Waals surface area contributed by atoms with Crippen molar-refractivity contribution in [2.24, 2.45) is 0 Å². The highest BCUT2D eigenvalue weighted by atomic mass is 79.9. The van der Waals surface area contributed by atoms with Gasteiger partial charge in [0, 0.05) is 10.0 Å². The second-order valence-electron chi connectivity index (χ2n) is 2.24. The van der Waals surface area contributed by atoms with E-state index >= 15 is 0 Å². The van der Waals surface area contributed by atoms with Gasteiger partial charge in [0.25, 0.3) is 0 Å². The second-order valence-corrected chi connectivity index (χ2v) is 3.16. The first-order valence-corrected chi connectivity index (χ1v) is 4.06. The van der Waals surface area contributed by atoms with Crippen LogP contribution in [0, 0.1) is 0 Å². The normalized spacial score (nSPS) is 10.3. The number of halogens is 1. The van der Waals surface area contributed by atoms with Crippen LogP contribution in [-0.2, 0) is 0 Å². The van der Waals surface area contributed by atoms with Crippen molar-refractivity contribution in [2.75, 3.05) is 0 Å². The van der Waals surface area contributed by atoms with E-state index in [1.807, 2.05) is 0 Å². The van der Waals surface area contributed by atoms with E-state index in [9.17, 15) is 4.79 Å². The van der Waals surface area contributed by atoms with E-state index in [2.05, 4.69) is 15.9 Å². The quantitative estimate of drug-likeness (QED) is 0.588. The molecule has 1 aromatic rings. The number of ketones is 1. The Labute approximate surface area is 77.8 Å². The van der Waals surface area contributed by atoms with Crippen molar-refractivity contribution < 1.29 is 15.0 Å². The molecular formula is C8H7BrO3. The lowest BCUT2D eigenvalue weighted by Crippen LogP contribution is -2.18. The first-order chi connectivity index (χ1) is 5.61. The number of carbonyl (C=O) groups excluding carboxylic acids is 1. The summed E-state index contributed by atoms with van der Waals surface area (Å²) < 4.78 is 0.839. The molecule has 0 spiro atoms. The van der Waals surface area contributed by atoms with Gasteiger partial charge in [-0.15, -0.1) is 0 Å². The van der Waals surface area contributed by atoms with Crippen molar-refractivity contribution in [3.63, 3.8) is 0 Å². The predicted molar refractivity (Wildman–Crippen MR) is 46.7 cm³/mol. The van der Waals surface area contributed by atoms with E-state index in [4.69, 9.17) is 10.2 Å². The Hall–Kier alpha value is -0.710. The van der Waals surface area contributed by atoms with Crippen molar-refractivity contribution in [3.05, 3.63) is 34.3 Å². The van der Waals surface area contributed by atoms with Crippen LogP contribution in [0.4, 0.5) is 0 Å². The average molecular weight is 231 g/mol. The lowest BCUT2D eigenvalue weighted by molar-refractivity contribution is -0.0195. The molecular weight excluding hydrogens is 224 g/mol. The number of hydrogen-bond donors (Lipinski definition) is 2. The molecule has 4 heteroatoms. The Morgan fingerprint density at radius 1 is 1.25 bits per heavy atom. The molecule has 0 aliphatic rings. The Bertz CT molecular complexity index is 279. The van der Waals surface area contributed by atoms with Gasteiger partial charge in [-0.25, -0.2) is 0 Å². The maximum Gasteiger partial charge on any atom is 0.218 e. The standard InChI is InChI=1S/C8H7BrO3/c9-6-3-1-5(2-4-6)7(10)8(11)12/h1-4,8,11-12H. The SMILES string of the molecule is O=C(c1ccc(Br)cc1)C(O)O. The Morgan fingerprint density at radius 3 is 2.17 bits per heavy atom. The molecule has 3 nitrogen and oxygen atoms in total. The number of aliphatic hydroxyl groups is 2. The van der Waals surface area contributed by atoms with Gasteiger partial charge in [-0.2, -0.15) is 0 Å². The zero-order chi connectivity index (χ0) is 9.14. The van der Waals surface area contributed by atoms with Crippen LogP contribution in [0.25, 0.3) is 0 Å². The summed E-state index contributed by atoms with van der Waals surface area (Å²) >= 11 is 3.20. The zero-order valence-corrected chi connectivity index (χ0v) is 7.65. The summed E-state index contributed by atoms with van der Waals surface area (Å²) in [5, 5.41) is 17.1. The maximum absolute atomic E-state index is 10.9. The van der Waals surface area contributed by atoms with Crippen LogP contribution in [0.2, 0.25) is 0 Å². The minimum Gasteiger partial charge on any atom is -0.362 e. The van der Waals surface area contributed by atoms with Crippen molar-refractivity contribution in [1.82, 2.24) is 0 Å². The summed E-state index contributed by atoms with van der Waals surface area (Å²) in [4.78, 5) is 10.9. The van der Waals surface area contributed by atoms with Gasteiger partial charge in [0.15, 0.2) is 0 Å². The number of hydrogen-bond acceptors (Lipinski definition) is 3. The van der Waals surface area contributed by atoms with Crippen LogP contribution in [-0.4, -0.2) is 22.3 Å². The molecule has 2 N–H and O–H groups in total. The molecule has 64 valence electrons. The number of aliphatic hydroxyl groups excluding tert-OH is 1. The fraction of sp³-hybridized carbons (Fsp3) is 0.125. The largest absolute Gasteiger partial charge is 0.362 e. The Balaban J connectivity index is 2.90. The van der Waals surface area contributed by atoms with E-state index in [1.54, 1.807) is 12.1 Å². The third-order valence-corrected chi connectivity index (χ3v) is 1.89. The van der Waals surface area contributed by atoms with Crippen LogP contribution in [0.5, 0.6) is 0 Å². The van der Waals surface area contributed by atoms with E-state index in [1.165, 1.54) is 12.1 Å². The second kappa shape index (κ2) is 3.80. The molecule has 0 aromatic heterocycles. The number of Topliss-reactive ketones (excluding diaryl/α,β-unsaturated/α-hetero) is 1. The smallest absolute Gasteiger partial charge is 0.218 e. The molecule has 0 aliphatic heterocycles. The first kappa shape index (κ1) is 9.38. The third kappa shape index (κ3) is 2.14. The summed E-state index contributed by atoms with van der Waals surface area (Å²) in [7, 11) is 0. The van der Waals surface area contributed by atoms with Gasteiger partial charge in [-0.1, -0.05) is 28.1 Å². The van der Waals surface area contributed by atoms with Gasteiger partial charge in [0.05, 0.1) is 0 Å². The topological polar surface area (TPSA) is 57.5 Å². The van der Waals surface area contributed by atoms with Gasteiger partial charge in [0.2, 0.25) is 12.1 Å². The predicted octanol–water partition coefficient (Wildman–Crippen LogP) is 0.942. The van der Waals surface area contributed by atoms with Crippen LogP contribution >= 0.6 is 15.9 Å². The molecule has 1 aromatic carbocycles. The van der Waals surface area contributed by atoms with E-state index in [-0.39, 0.29) is 5.56 Å². The molecule has 0 saturated heterocycles. The highest BCUT2D eigenvalue weighted by Crippen LogP contribution is 2.11. The fourth-order valence-corrected chi connectivity index (χ4v) is 1.03. The molecule has 1 rings (SSSR count). The van der Waals surface area contributed by atoms with Crippen molar-refractivity contribution >= 4 is 21.7 Å². The van der Waals surface area contributed by atoms with Crippen LogP contribution in [0.3, 0.4) is 0 Å². The maximum atomic E-state index is 10.9. The minimum absolute atomic E-state index is 0.285. The molecule has 0 radical (unpaired) electrons. The molecule has 0 heterocycles. The van der Waals surface area contributed by atoms with E-state index < -0.39 is 12.1 Å². The van der Waals surface area contributed by atoms with E-state index in [0.29, 0.717) is 0 Å². The van der Waals surface area contributed by atoms with Crippen molar-refractivity contribution in [2.45, 2.75) is 6.29 Å². The Morgan fingerprint density at radius 2 is 1.75 bits per heavy atom. The van der Waals surface area contributed by atoms with E-state index in [0.717, 1.165) is 4.47 Å². The van der Waals surface area contributed by atoms with Crippen LogP contribution < -0.4 is 0 Å². The average Bonchev–Trinajstić information content (AvgIpc) is 2.04. The molecule has 12 heavy (non-hydrogen) atoms. The van der Waals surface area contributed by atoms with Crippen LogP contribution in [0.15, 0.2) is 28.7 Å². The summed E-state index contributed by atoms with van der Waals surface area (Å²) in [6.07, 6.45) is -1.92. The molecule has 0 atom stereocenters. The minimum atomic E-state index is -1.92. The summed E-state index contributed by atoms with van der Waals surface area (Å²) in [6, 6.07) is 6.36. The number of rotatable bonds is 2. The first-order valence-electron chi connectivity index (χ1n) is 3.27. The van der Waals surface area contributed by atoms with Gasteiger partial charge < -0.3 is 10.2 Å². The summed E-state index contributed by atoms with van der Waals surface area (Å²) in [6.45, 7) is 0. The number of carbonyl (C=O) groups is 1. The molecule has 0 aliphatic carbocycles. The molecule has 0 saturated carbocycles. The molecule has 0 fully saturated rings. The third-order valence-electron chi connectivity index (χ3n) is 1.36. The summed E-state index contributed by atoms with van der Waals surface area (Å²) in [5.74, 6) is -0.692. The summed E-state index contributed by atoms with van der Waals surface area (Å²) in [5.41, 5.74) is 0.285.